The summed E-state index contributed by atoms with van der Waals surface area (Å²) >= 11 is 0. The summed E-state index contributed by atoms with van der Waals surface area (Å²) in [5.41, 5.74) is 5.79. The highest BCUT2D eigenvalue weighted by atomic mass is 15.0. The van der Waals surface area contributed by atoms with Crippen LogP contribution >= 0.6 is 0 Å². The van der Waals surface area contributed by atoms with Crippen molar-refractivity contribution < 1.29 is 0 Å². The van der Waals surface area contributed by atoms with Gasteiger partial charge in [0.25, 0.3) is 0 Å². The zero-order valence-corrected chi connectivity index (χ0v) is 7.97. The van der Waals surface area contributed by atoms with E-state index in [9.17, 15) is 0 Å². The Hall–Kier alpha value is -0.120. The van der Waals surface area contributed by atoms with Gasteiger partial charge in [-0.05, 0) is 38.9 Å². The van der Waals surface area contributed by atoms with Crippen LogP contribution in [0.3, 0.4) is 0 Å². The van der Waals surface area contributed by atoms with Crippen molar-refractivity contribution in [3.05, 3.63) is 0 Å². The Bertz CT molecular complexity index is 116. The van der Waals surface area contributed by atoms with Crippen molar-refractivity contribution in [2.45, 2.75) is 38.3 Å². The van der Waals surface area contributed by atoms with Crippen molar-refractivity contribution in [3.63, 3.8) is 0 Å². The standard InChI is InChI=1S/C9H21N3/c1-2-11-6-3-7-12-9-5-4-8(9)10/h8-9,11-12H,2-7,10H2,1H3. The molecule has 0 amide bonds. The Morgan fingerprint density at radius 3 is 2.67 bits per heavy atom. The predicted molar refractivity (Wildman–Crippen MR) is 52.2 cm³/mol. The van der Waals surface area contributed by atoms with Gasteiger partial charge in [-0.25, -0.2) is 0 Å². The molecule has 0 aromatic rings. The van der Waals surface area contributed by atoms with Crippen molar-refractivity contribution in [1.29, 1.82) is 0 Å². The van der Waals surface area contributed by atoms with Gasteiger partial charge in [0.1, 0.15) is 0 Å². The molecule has 0 spiro atoms. The summed E-state index contributed by atoms with van der Waals surface area (Å²) < 4.78 is 0. The Morgan fingerprint density at radius 1 is 1.33 bits per heavy atom. The maximum absolute atomic E-state index is 5.79. The lowest BCUT2D eigenvalue weighted by molar-refractivity contribution is 0.285. The van der Waals surface area contributed by atoms with Gasteiger partial charge in [0, 0.05) is 12.1 Å². The number of rotatable bonds is 6. The fourth-order valence-electron chi connectivity index (χ4n) is 1.46. The normalized spacial score (nSPS) is 28.5. The topological polar surface area (TPSA) is 50.1 Å². The van der Waals surface area contributed by atoms with Gasteiger partial charge in [-0.3, -0.25) is 0 Å². The SMILES string of the molecule is CCNCCCNC1CCC1N. The monoisotopic (exact) mass is 171 g/mol. The minimum absolute atomic E-state index is 0.420. The van der Waals surface area contributed by atoms with E-state index in [4.69, 9.17) is 5.73 Å². The van der Waals surface area contributed by atoms with Crippen molar-refractivity contribution in [1.82, 2.24) is 10.6 Å². The minimum Gasteiger partial charge on any atom is -0.326 e. The van der Waals surface area contributed by atoms with Crippen LogP contribution in [0.25, 0.3) is 0 Å². The number of hydrogen-bond acceptors (Lipinski definition) is 3. The molecule has 1 aliphatic rings. The Labute approximate surface area is 75.1 Å². The van der Waals surface area contributed by atoms with Crippen LogP contribution in [0.5, 0.6) is 0 Å². The Balaban J connectivity index is 1.82. The Morgan fingerprint density at radius 2 is 2.17 bits per heavy atom. The quantitative estimate of drug-likeness (QED) is 0.496. The lowest BCUT2D eigenvalue weighted by Gasteiger charge is -2.34. The van der Waals surface area contributed by atoms with Gasteiger partial charge in [0.15, 0.2) is 0 Å². The van der Waals surface area contributed by atoms with Crippen molar-refractivity contribution in [2.24, 2.45) is 5.73 Å². The van der Waals surface area contributed by atoms with Crippen LogP contribution in [0.1, 0.15) is 26.2 Å². The summed E-state index contributed by atoms with van der Waals surface area (Å²) in [4.78, 5) is 0. The van der Waals surface area contributed by atoms with Gasteiger partial charge in [0.05, 0.1) is 0 Å². The lowest BCUT2D eigenvalue weighted by Crippen LogP contribution is -2.53. The highest BCUT2D eigenvalue weighted by Gasteiger charge is 2.25. The zero-order valence-electron chi connectivity index (χ0n) is 7.97. The molecule has 0 bridgehead atoms. The third kappa shape index (κ3) is 3.09. The molecule has 2 unspecified atom stereocenters. The van der Waals surface area contributed by atoms with E-state index in [2.05, 4.69) is 17.6 Å². The summed E-state index contributed by atoms with van der Waals surface area (Å²) in [6.45, 7) is 5.43. The van der Waals surface area contributed by atoms with Gasteiger partial charge in [-0.1, -0.05) is 6.92 Å². The second-order valence-electron chi connectivity index (χ2n) is 3.51. The molecule has 3 nitrogen and oxygen atoms in total. The van der Waals surface area contributed by atoms with Crippen LogP contribution in [0.15, 0.2) is 0 Å². The minimum atomic E-state index is 0.420. The van der Waals surface area contributed by atoms with Crippen LogP contribution in [0.2, 0.25) is 0 Å². The third-order valence-electron chi connectivity index (χ3n) is 2.51. The van der Waals surface area contributed by atoms with E-state index in [0.717, 1.165) is 19.6 Å². The fraction of sp³-hybridized carbons (Fsp3) is 1.00. The molecule has 0 heterocycles. The molecule has 0 saturated heterocycles. The van der Waals surface area contributed by atoms with E-state index >= 15 is 0 Å². The molecule has 0 aromatic carbocycles. The maximum Gasteiger partial charge on any atom is 0.0219 e. The van der Waals surface area contributed by atoms with E-state index in [1.54, 1.807) is 0 Å². The van der Waals surface area contributed by atoms with Crippen LogP contribution in [0, 0.1) is 0 Å². The van der Waals surface area contributed by atoms with Gasteiger partial charge >= 0.3 is 0 Å². The van der Waals surface area contributed by atoms with Crippen molar-refractivity contribution in [3.8, 4) is 0 Å². The highest BCUT2D eigenvalue weighted by Crippen LogP contribution is 2.16. The van der Waals surface area contributed by atoms with E-state index in [-0.39, 0.29) is 0 Å². The second kappa shape index (κ2) is 5.51. The molecule has 12 heavy (non-hydrogen) atoms. The number of nitrogens with one attached hydrogen (secondary N) is 2. The molecular formula is C9H21N3. The first-order valence-corrected chi connectivity index (χ1v) is 5.04. The molecule has 3 heteroatoms. The van der Waals surface area contributed by atoms with Crippen molar-refractivity contribution >= 4 is 0 Å². The largest absolute Gasteiger partial charge is 0.326 e. The molecule has 72 valence electrons. The molecule has 0 aliphatic heterocycles. The average molecular weight is 171 g/mol. The first-order valence-electron chi connectivity index (χ1n) is 5.04. The van der Waals surface area contributed by atoms with E-state index in [1.807, 2.05) is 0 Å². The number of hydrogen-bond donors (Lipinski definition) is 3. The van der Waals surface area contributed by atoms with E-state index in [1.165, 1.54) is 19.3 Å². The summed E-state index contributed by atoms with van der Waals surface area (Å²) in [7, 11) is 0. The zero-order chi connectivity index (χ0) is 8.81. The molecule has 2 atom stereocenters. The fourth-order valence-corrected chi connectivity index (χ4v) is 1.46. The third-order valence-corrected chi connectivity index (χ3v) is 2.51. The highest BCUT2D eigenvalue weighted by molar-refractivity contribution is 4.89. The smallest absolute Gasteiger partial charge is 0.0219 e. The van der Waals surface area contributed by atoms with Gasteiger partial charge < -0.3 is 16.4 Å². The number of nitrogens with two attached hydrogens (primary N) is 1. The molecule has 4 N–H and O–H groups in total. The first kappa shape index (κ1) is 9.96. The molecule has 0 aromatic heterocycles. The van der Waals surface area contributed by atoms with E-state index in [0.29, 0.717) is 12.1 Å². The Kier molecular flexibility index (Phi) is 4.58. The summed E-state index contributed by atoms with van der Waals surface area (Å²) in [6, 6.07) is 1.02. The van der Waals surface area contributed by atoms with E-state index < -0.39 is 0 Å². The summed E-state index contributed by atoms with van der Waals surface area (Å²) in [6.07, 6.45) is 3.67. The second-order valence-corrected chi connectivity index (χ2v) is 3.51. The molecule has 1 fully saturated rings. The lowest BCUT2D eigenvalue weighted by atomic mass is 9.87. The van der Waals surface area contributed by atoms with Gasteiger partial charge in [0.2, 0.25) is 0 Å². The van der Waals surface area contributed by atoms with Crippen LogP contribution in [-0.2, 0) is 0 Å². The molecule has 1 saturated carbocycles. The maximum atomic E-state index is 5.79. The van der Waals surface area contributed by atoms with Crippen LogP contribution in [-0.4, -0.2) is 31.7 Å². The van der Waals surface area contributed by atoms with Crippen LogP contribution < -0.4 is 16.4 Å². The average Bonchev–Trinajstić information content (AvgIpc) is 2.08. The summed E-state index contributed by atoms with van der Waals surface area (Å²) in [5.74, 6) is 0. The van der Waals surface area contributed by atoms with Gasteiger partial charge in [-0.2, -0.15) is 0 Å². The van der Waals surface area contributed by atoms with Crippen LogP contribution in [0.4, 0.5) is 0 Å². The predicted octanol–water partition coefficient (Wildman–Crippen LogP) is 0.0653. The molecular weight excluding hydrogens is 150 g/mol. The molecule has 1 rings (SSSR count). The first-order chi connectivity index (χ1) is 5.84. The van der Waals surface area contributed by atoms with Crippen molar-refractivity contribution in [2.75, 3.05) is 19.6 Å². The molecule has 1 aliphatic carbocycles. The van der Waals surface area contributed by atoms with Gasteiger partial charge in [-0.15, -0.1) is 0 Å². The molecule has 0 radical (unpaired) electrons. The summed E-state index contributed by atoms with van der Waals surface area (Å²) in [5, 5.41) is 6.76.